The van der Waals surface area contributed by atoms with Crippen molar-refractivity contribution in [2.45, 2.75) is 40.2 Å². The first kappa shape index (κ1) is 13.5. The second kappa shape index (κ2) is 5.78. The molecule has 0 bridgehead atoms. The van der Waals surface area contributed by atoms with E-state index in [1.54, 1.807) is 6.33 Å². The van der Waals surface area contributed by atoms with Gasteiger partial charge in [-0.3, -0.25) is 4.98 Å². The van der Waals surface area contributed by atoms with Crippen molar-refractivity contribution in [3.63, 3.8) is 0 Å². The normalized spacial score (nSPS) is 10.8. The minimum Gasteiger partial charge on any atom is -0.366 e. The highest BCUT2D eigenvalue weighted by Crippen LogP contribution is 2.14. The molecule has 2 rings (SSSR count). The monoisotopic (exact) mass is 256 g/mol. The van der Waals surface area contributed by atoms with Crippen LogP contribution in [-0.2, 0) is 6.54 Å². The Morgan fingerprint density at radius 2 is 1.74 bits per heavy atom. The maximum Gasteiger partial charge on any atom is 0.129 e. The Labute approximate surface area is 114 Å². The molecular weight excluding hydrogens is 236 g/mol. The lowest BCUT2D eigenvalue weighted by atomic mass is 10.1. The number of aryl methyl sites for hydroxylation is 2. The minimum absolute atomic E-state index is 0.411. The van der Waals surface area contributed by atoms with Crippen LogP contribution in [-0.4, -0.2) is 15.0 Å². The van der Waals surface area contributed by atoms with E-state index in [2.05, 4.69) is 46.2 Å². The second-order valence-electron chi connectivity index (χ2n) is 5.09. The van der Waals surface area contributed by atoms with E-state index in [9.17, 15) is 0 Å². The van der Waals surface area contributed by atoms with Crippen molar-refractivity contribution in [2.24, 2.45) is 0 Å². The van der Waals surface area contributed by atoms with Crippen LogP contribution in [0.5, 0.6) is 0 Å². The molecule has 2 aromatic rings. The van der Waals surface area contributed by atoms with E-state index < -0.39 is 0 Å². The summed E-state index contributed by atoms with van der Waals surface area (Å²) in [7, 11) is 0. The summed E-state index contributed by atoms with van der Waals surface area (Å²) in [5.41, 5.74) is 4.36. The fourth-order valence-corrected chi connectivity index (χ4v) is 2.00. The molecule has 0 amide bonds. The van der Waals surface area contributed by atoms with Crippen molar-refractivity contribution in [2.75, 3.05) is 5.32 Å². The van der Waals surface area contributed by atoms with Gasteiger partial charge in [0, 0.05) is 29.7 Å². The van der Waals surface area contributed by atoms with Crippen molar-refractivity contribution in [1.82, 2.24) is 15.0 Å². The average molecular weight is 256 g/mol. The third-order valence-corrected chi connectivity index (χ3v) is 2.89. The number of nitrogens with zero attached hydrogens (tertiary/aromatic N) is 3. The zero-order valence-electron chi connectivity index (χ0n) is 11.9. The number of hydrogen-bond acceptors (Lipinski definition) is 4. The van der Waals surface area contributed by atoms with Gasteiger partial charge in [0.25, 0.3) is 0 Å². The molecule has 4 nitrogen and oxygen atoms in total. The first-order valence-corrected chi connectivity index (χ1v) is 6.54. The summed E-state index contributed by atoms with van der Waals surface area (Å²) in [6.07, 6.45) is 1.61. The van der Waals surface area contributed by atoms with Gasteiger partial charge >= 0.3 is 0 Å². The van der Waals surface area contributed by atoms with Gasteiger partial charge in [-0.15, -0.1) is 0 Å². The standard InChI is InChI=1S/C15H20N4/c1-10(2)14-7-15(18-9-17-14)16-8-13-5-11(3)19-12(4)6-13/h5-7,9-10H,8H2,1-4H3,(H,16,17,18). The first-order chi connectivity index (χ1) is 9.04. The van der Waals surface area contributed by atoms with E-state index >= 15 is 0 Å². The van der Waals surface area contributed by atoms with Crippen LogP contribution in [0.15, 0.2) is 24.5 Å². The molecule has 2 aromatic heterocycles. The summed E-state index contributed by atoms with van der Waals surface area (Å²) in [5.74, 6) is 1.28. The molecule has 0 saturated heterocycles. The van der Waals surface area contributed by atoms with E-state index in [0.717, 1.165) is 29.4 Å². The summed E-state index contributed by atoms with van der Waals surface area (Å²) < 4.78 is 0. The molecular formula is C15H20N4. The van der Waals surface area contributed by atoms with Crippen LogP contribution in [0.3, 0.4) is 0 Å². The van der Waals surface area contributed by atoms with Crippen molar-refractivity contribution in [1.29, 1.82) is 0 Å². The molecule has 0 aliphatic rings. The zero-order chi connectivity index (χ0) is 13.8. The predicted molar refractivity (Wildman–Crippen MR) is 77.2 cm³/mol. The molecule has 0 unspecified atom stereocenters. The molecule has 1 N–H and O–H groups in total. The van der Waals surface area contributed by atoms with E-state index in [0.29, 0.717) is 5.92 Å². The highest BCUT2D eigenvalue weighted by molar-refractivity contribution is 5.37. The lowest BCUT2D eigenvalue weighted by Gasteiger charge is -2.09. The van der Waals surface area contributed by atoms with Gasteiger partial charge in [-0.2, -0.15) is 0 Å². The molecule has 0 radical (unpaired) electrons. The third-order valence-electron chi connectivity index (χ3n) is 2.89. The Balaban J connectivity index is 2.07. The van der Waals surface area contributed by atoms with Crippen molar-refractivity contribution in [3.8, 4) is 0 Å². The van der Waals surface area contributed by atoms with Gasteiger partial charge in [-0.25, -0.2) is 9.97 Å². The van der Waals surface area contributed by atoms with Crippen molar-refractivity contribution in [3.05, 3.63) is 47.2 Å². The van der Waals surface area contributed by atoms with Crippen LogP contribution in [0.4, 0.5) is 5.82 Å². The van der Waals surface area contributed by atoms with E-state index in [1.165, 1.54) is 5.56 Å². The first-order valence-electron chi connectivity index (χ1n) is 6.54. The largest absolute Gasteiger partial charge is 0.366 e. The SMILES string of the molecule is Cc1cc(CNc2cc(C(C)C)ncn2)cc(C)n1. The number of hydrogen-bond donors (Lipinski definition) is 1. The summed E-state index contributed by atoms with van der Waals surface area (Å²) in [5, 5.41) is 3.33. The van der Waals surface area contributed by atoms with Crippen molar-refractivity contribution >= 4 is 5.82 Å². The smallest absolute Gasteiger partial charge is 0.129 e. The minimum atomic E-state index is 0.411. The molecule has 19 heavy (non-hydrogen) atoms. The molecule has 100 valence electrons. The van der Waals surface area contributed by atoms with E-state index in [-0.39, 0.29) is 0 Å². The third kappa shape index (κ3) is 3.74. The van der Waals surface area contributed by atoms with Crippen LogP contribution in [0.2, 0.25) is 0 Å². The van der Waals surface area contributed by atoms with Crippen LogP contribution in [0, 0.1) is 13.8 Å². The Hall–Kier alpha value is -1.97. The Morgan fingerprint density at radius 1 is 1.05 bits per heavy atom. The molecule has 0 aliphatic heterocycles. The second-order valence-corrected chi connectivity index (χ2v) is 5.09. The number of rotatable bonds is 4. The molecule has 4 heteroatoms. The number of pyridine rings is 1. The molecule has 0 aromatic carbocycles. The Morgan fingerprint density at radius 3 is 2.37 bits per heavy atom. The summed E-state index contributed by atoms with van der Waals surface area (Å²) >= 11 is 0. The van der Waals surface area contributed by atoms with E-state index in [4.69, 9.17) is 0 Å². The lowest BCUT2D eigenvalue weighted by Crippen LogP contribution is -2.04. The van der Waals surface area contributed by atoms with Crippen LogP contribution in [0.1, 0.15) is 42.4 Å². The number of nitrogens with one attached hydrogen (secondary N) is 1. The van der Waals surface area contributed by atoms with Crippen LogP contribution < -0.4 is 5.32 Å². The van der Waals surface area contributed by atoms with Crippen molar-refractivity contribution < 1.29 is 0 Å². The summed E-state index contributed by atoms with van der Waals surface area (Å²) in [6, 6.07) is 6.18. The number of anilines is 1. The van der Waals surface area contributed by atoms with Crippen LogP contribution in [0.25, 0.3) is 0 Å². The highest BCUT2D eigenvalue weighted by Gasteiger charge is 2.03. The maximum atomic E-state index is 4.37. The molecule has 0 spiro atoms. The quantitative estimate of drug-likeness (QED) is 0.912. The van der Waals surface area contributed by atoms with Gasteiger partial charge in [-0.1, -0.05) is 13.8 Å². The lowest BCUT2D eigenvalue weighted by molar-refractivity contribution is 0.813. The molecule has 2 heterocycles. The maximum absolute atomic E-state index is 4.37. The van der Waals surface area contributed by atoms with Gasteiger partial charge < -0.3 is 5.32 Å². The molecule has 0 saturated carbocycles. The topological polar surface area (TPSA) is 50.7 Å². The van der Waals surface area contributed by atoms with Gasteiger partial charge in [0.15, 0.2) is 0 Å². The summed E-state index contributed by atoms with van der Waals surface area (Å²) in [4.78, 5) is 12.9. The van der Waals surface area contributed by atoms with Gasteiger partial charge in [-0.05, 0) is 37.5 Å². The molecule has 0 atom stereocenters. The highest BCUT2D eigenvalue weighted by atomic mass is 15.0. The van der Waals surface area contributed by atoms with Crippen LogP contribution >= 0.6 is 0 Å². The zero-order valence-corrected chi connectivity index (χ0v) is 11.9. The predicted octanol–water partition coefficient (Wildman–Crippen LogP) is 3.22. The van der Waals surface area contributed by atoms with Gasteiger partial charge in [0.1, 0.15) is 12.1 Å². The van der Waals surface area contributed by atoms with Gasteiger partial charge in [0.05, 0.1) is 0 Å². The van der Waals surface area contributed by atoms with E-state index in [1.807, 2.05) is 19.9 Å². The average Bonchev–Trinajstić information content (AvgIpc) is 2.35. The molecule has 0 fully saturated rings. The fourth-order valence-electron chi connectivity index (χ4n) is 2.00. The molecule has 0 aliphatic carbocycles. The summed E-state index contributed by atoms with van der Waals surface area (Å²) in [6.45, 7) is 9.03. The number of aromatic nitrogens is 3. The Bertz CT molecular complexity index is 544. The fraction of sp³-hybridized carbons (Fsp3) is 0.400. The van der Waals surface area contributed by atoms with Gasteiger partial charge in [0.2, 0.25) is 0 Å². The Kier molecular flexibility index (Phi) is 4.10.